The molecule has 3 aromatic rings. The van der Waals surface area contributed by atoms with Gasteiger partial charge < -0.3 is 20.1 Å². The fourth-order valence-electron chi connectivity index (χ4n) is 3.00. The largest absolute Gasteiger partial charge is 0.478 e. The molecule has 0 saturated carbocycles. The summed E-state index contributed by atoms with van der Waals surface area (Å²) >= 11 is 0. The van der Waals surface area contributed by atoms with Crippen LogP contribution in [0.15, 0.2) is 48.8 Å². The Labute approximate surface area is 150 Å². The number of hydrogen-bond acceptors (Lipinski definition) is 6. The third-order valence-corrected chi connectivity index (χ3v) is 4.39. The first-order valence-electron chi connectivity index (χ1n) is 8.38. The summed E-state index contributed by atoms with van der Waals surface area (Å²) in [6.45, 7) is 3.28. The normalized spacial score (nSPS) is 14.4. The van der Waals surface area contributed by atoms with E-state index in [1.807, 2.05) is 12.1 Å². The number of nitrogens with one attached hydrogen (secondary N) is 1. The predicted molar refractivity (Wildman–Crippen MR) is 99.3 cm³/mol. The molecule has 0 unspecified atom stereocenters. The molecule has 2 N–H and O–H groups in total. The molecule has 26 heavy (non-hydrogen) atoms. The number of carboxylic acids is 1. The van der Waals surface area contributed by atoms with Crippen LogP contribution in [0.5, 0.6) is 0 Å². The Morgan fingerprint density at radius 1 is 1.08 bits per heavy atom. The van der Waals surface area contributed by atoms with Crippen molar-refractivity contribution in [2.24, 2.45) is 0 Å². The lowest BCUT2D eigenvalue weighted by atomic mass is 10.1. The molecule has 1 saturated heterocycles. The van der Waals surface area contributed by atoms with Gasteiger partial charge in [0.1, 0.15) is 12.1 Å². The van der Waals surface area contributed by atoms with Crippen molar-refractivity contribution >= 4 is 34.1 Å². The summed E-state index contributed by atoms with van der Waals surface area (Å²) in [5, 5.41) is 13.1. The van der Waals surface area contributed by atoms with Crippen LogP contribution in [0.4, 0.5) is 17.2 Å². The van der Waals surface area contributed by atoms with Gasteiger partial charge in [0.2, 0.25) is 0 Å². The third-order valence-electron chi connectivity index (χ3n) is 4.39. The Kier molecular flexibility index (Phi) is 4.37. The fraction of sp³-hybridized carbons (Fsp3) is 0.211. The molecule has 2 heterocycles. The lowest BCUT2D eigenvalue weighted by Gasteiger charge is -2.28. The molecule has 0 radical (unpaired) electrons. The van der Waals surface area contributed by atoms with Crippen LogP contribution in [0.25, 0.3) is 10.9 Å². The van der Waals surface area contributed by atoms with Crippen LogP contribution >= 0.6 is 0 Å². The van der Waals surface area contributed by atoms with Crippen LogP contribution in [0.1, 0.15) is 10.4 Å². The number of nitrogens with zero attached hydrogens (tertiary/aromatic N) is 3. The monoisotopic (exact) mass is 350 g/mol. The summed E-state index contributed by atoms with van der Waals surface area (Å²) in [6.07, 6.45) is 1.47. The van der Waals surface area contributed by atoms with Gasteiger partial charge in [-0.3, -0.25) is 0 Å². The molecule has 0 spiro atoms. The molecule has 132 valence electrons. The quantitative estimate of drug-likeness (QED) is 0.748. The van der Waals surface area contributed by atoms with E-state index in [0.29, 0.717) is 16.7 Å². The van der Waals surface area contributed by atoms with E-state index in [4.69, 9.17) is 4.74 Å². The van der Waals surface area contributed by atoms with Gasteiger partial charge in [0.05, 0.1) is 24.3 Å². The molecule has 0 aliphatic carbocycles. The van der Waals surface area contributed by atoms with Gasteiger partial charge in [-0.2, -0.15) is 0 Å². The van der Waals surface area contributed by atoms with Gasteiger partial charge in [0, 0.05) is 29.9 Å². The van der Waals surface area contributed by atoms with Crippen molar-refractivity contribution in [2.45, 2.75) is 0 Å². The van der Waals surface area contributed by atoms with Gasteiger partial charge in [-0.1, -0.05) is 0 Å². The molecular weight excluding hydrogens is 332 g/mol. The van der Waals surface area contributed by atoms with Crippen molar-refractivity contribution < 1.29 is 14.6 Å². The minimum atomic E-state index is -0.975. The maximum Gasteiger partial charge on any atom is 0.335 e. The third kappa shape index (κ3) is 3.29. The van der Waals surface area contributed by atoms with Gasteiger partial charge in [0.25, 0.3) is 0 Å². The van der Waals surface area contributed by atoms with Gasteiger partial charge in [-0.05, 0) is 42.5 Å². The highest BCUT2D eigenvalue weighted by Crippen LogP contribution is 2.26. The van der Waals surface area contributed by atoms with E-state index < -0.39 is 5.97 Å². The number of aromatic carboxylic acids is 1. The van der Waals surface area contributed by atoms with E-state index in [1.54, 1.807) is 18.2 Å². The SMILES string of the molecule is O=C(O)c1ccc2ncnc(Nc3ccc(N4CCOCC4)cc3)c2c1. The highest BCUT2D eigenvalue weighted by atomic mass is 16.5. The first-order valence-corrected chi connectivity index (χ1v) is 8.38. The second-order valence-corrected chi connectivity index (χ2v) is 6.03. The van der Waals surface area contributed by atoms with Crippen LogP contribution in [-0.4, -0.2) is 47.3 Å². The molecule has 1 fully saturated rings. The van der Waals surface area contributed by atoms with Crippen molar-refractivity contribution in [3.8, 4) is 0 Å². The first-order chi connectivity index (χ1) is 12.7. The second-order valence-electron chi connectivity index (χ2n) is 6.03. The molecule has 0 amide bonds. The Bertz CT molecular complexity index is 937. The van der Waals surface area contributed by atoms with E-state index in [-0.39, 0.29) is 5.56 Å². The van der Waals surface area contributed by atoms with Gasteiger partial charge >= 0.3 is 5.97 Å². The summed E-state index contributed by atoms with van der Waals surface area (Å²) in [7, 11) is 0. The molecule has 4 rings (SSSR count). The average molecular weight is 350 g/mol. The van der Waals surface area contributed by atoms with Crippen molar-refractivity contribution in [3.63, 3.8) is 0 Å². The zero-order chi connectivity index (χ0) is 17.9. The van der Waals surface area contributed by atoms with Crippen LogP contribution in [0.3, 0.4) is 0 Å². The Hall–Kier alpha value is -3.19. The predicted octanol–water partition coefficient (Wildman–Crippen LogP) is 2.91. The molecule has 7 nitrogen and oxygen atoms in total. The smallest absolute Gasteiger partial charge is 0.335 e. The van der Waals surface area contributed by atoms with E-state index >= 15 is 0 Å². The minimum Gasteiger partial charge on any atom is -0.478 e. The zero-order valence-electron chi connectivity index (χ0n) is 14.1. The summed E-state index contributed by atoms with van der Waals surface area (Å²) in [5.41, 5.74) is 2.93. The van der Waals surface area contributed by atoms with Gasteiger partial charge in [-0.15, -0.1) is 0 Å². The number of ether oxygens (including phenoxy) is 1. The number of carboxylic acid groups (broad SMARTS) is 1. The number of fused-ring (bicyclic) bond motifs is 1. The van der Waals surface area contributed by atoms with Crippen molar-refractivity contribution in [3.05, 3.63) is 54.4 Å². The summed E-state index contributed by atoms with van der Waals surface area (Å²) in [5.74, 6) is -0.395. The van der Waals surface area contributed by atoms with Gasteiger partial charge in [0.15, 0.2) is 0 Å². The summed E-state index contributed by atoms with van der Waals surface area (Å²) in [6, 6.07) is 12.9. The summed E-state index contributed by atoms with van der Waals surface area (Å²) in [4.78, 5) is 22.0. The van der Waals surface area contributed by atoms with Crippen LogP contribution in [0, 0.1) is 0 Å². The van der Waals surface area contributed by atoms with Crippen molar-refractivity contribution in [1.82, 2.24) is 9.97 Å². The van der Waals surface area contributed by atoms with E-state index in [2.05, 4.69) is 32.3 Å². The molecule has 2 aromatic carbocycles. The van der Waals surface area contributed by atoms with Crippen LogP contribution < -0.4 is 10.2 Å². The van der Waals surface area contributed by atoms with Crippen molar-refractivity contribution in [1.29, 1.82) is 0 Å². The van der Waals surface area contributed by atoms with Crippen molar-refractivity contribution in [2.75, 3.05) is 36.5 Å². The highest BCUT2D eigenvalue weighted by molar-refractivity contribution is 5.97. The zero-order valence-corrected chi connectivity index (χ0v) is 14.1. The lowest BCUT2D eigenvalue weighted by molar-refractivity contribution is 0.0697. The number of aromatic nitrogens is 2. The molecule has 0 atom stereocenters. The maximum atomic E-state index is 11.2. The Morgan fingerprint density at radius 2 is 1.85 bits per heavy atom. The fourth-order valence-corrected chi connectivity index (χ4v) is 3.00. The number of hydrogen-bond donors (Lipinski definition) is 2. The molecule has 1 aliphatic heterocycles. The van der Waals surface area contributed by atoms with Crippen LogP contribution in [-0.2, 0) is 4.74 Å². The van der Waals surface area contributed by atoms with E-state index in [0.717, 1.165) is 37.7 Å². The number of rotatable bonds is 4. The second kappa shape index (κ2) is 6.97. The molecule has 1 aromatic heterocycles. The molecule has 0 bridgehead atoms. The number of carbonyl (C=O) groups is 1. The Balaban J connectivity index is 1.60. The first kappa shape index (κ1) is 16.3. The lowest BCUT2D eigenvalue weighted by Crippen LogP contribution is -2.36. The van der Waals surface area contributed by atoms with Gasteiger partial charge in [-0.25, -0.2) is 14.8 Å². The van der Waals surface area contributed by atoms with E-state index in [9.17, 15) is 9.90 Å². The topological polar surface area (TPSA) is 87.6 Å². The number of morpholine rings is 1. The highest BCUT2D eigenvalue weighted by Gasteiger charge is 2.12. The van der Waals surface area contributed by atoms with E-state index in [1.165, 1.54) is 6.33 Å². The summed E-state index contributed by atoms with van der Waals surface area (Å²) < 4.78 is 5.38. The maximum absolute atomic E-state index is 11.2. The Morgan fingerprint density at radius 3 is 2.58 bits per heavy atom. The molecule has 1 aliphatic rings. The number of benzene rings is 2. The number of anilines is 3. The molecule has 7 heteroatoms. The van der Waals surface area contributed by atoms with Crippen LogP contribution in [0.2, 0.25) is 0 Å². The minimum absolute atomic E-state index is 0.206. The molecular formula is C19H18N4O3. The standard InChI is InChI=1S/C19H18N4O3/c24-19(25)13-1-6-17-16(11-13)18(21-12-20-17)22-14-2-4-15(5-3-14)23-7-9-26-10-8-23/h1-6,11-12H,7-10H2,(H,24,25)(H,20,21,22). The average Bonchev–Trinajstić information content (AvgIpc) is 2.69.